The summed E-state index contributed by atoms with van der Waals surface area (Å²) in [6.45, 7) is 0. The second kappa shape index (κ2) is 5.82. The van der Waals surface area contributed by atoms with Gasteiger partial charge in [0.1, 0.15) is 5.82 Å². The molecule has 1 aromatic rings. The van der Waals surface area contributed by atoms with Crippen molar-refractivity contribution >= 4 is 17.6 Å². The van der Waals surface area contributed by atoms with Gasteiger partial charge in [0.25, 0.3) is 0 Å². The number of methoxy groups -OCH3 is 1. The molecule has 0 spiro atoms. The molecule has 0 aliphatic heterocycles. The number of ether oxygens (including phenoxy) is 1. The van der Waals surface area contributed by atoms with Crippen LogP contribution >= 0.6 is 11.6 Å². The minimum Gasteiger partial charge on any atom is -0.469 e. The average Bonchev–Trinajstić information content (AvgIpc) is 2.29. The van der Waals surface area contributed by atoms with Gasteiger partial charge in [-0.25, -0.2) is 4.39 Å². The summed E-state index contributed by atoms with van der Waals surface area (Å²) in [7, 11) is 1.31. The lowest BCUT2D eigenvalue weighted by Gasteiger charge is -2.13. The molecule has 0 heterocycles. The van der Waals surface area contributed by atoms with Crippen molar-refractivity contribution < 1.29 is 13.9 Å². The number of nitrogens with two attached hydrogens (primary N) is 1. The van der Waals surface area contributed by atoms with Crippen LogP contribution in [0.1, 0.15) is 24.4 Å². The van der Waals surface area contributed by atoms with Gasteiger partial charge in [0, 0.05) is 12.5 Å². The molecular formula is C11H13ClFNO2. The largest absolute Gasteiger partial charge is 0.469 e. The minimum absolute atomic E-state index is 0.0138. The number of rotatable bonds is 4. The summed E-state index contributed by atoms with van der Waals surface area (Å²) in [6, 6.07) is 3.98. The number of benzene rings is 1. The van der Waals surface area contributed by atoms with E-state index in [9.17, 15) is 9.18 Å². The van der Waals surface area contributed by atoms with Crippen molar-refractivity contribution in [3.8, 4) is 0 Å². The predicted octanol–water partition coefficient (Wildman–Crippen LogP) is 2.43. The van der Waals surface area contributed by atoms with Crippen molar-refractivity contribution in [2.75, 3.05) is 7.11 Å². The Morgan fingerprint density at radius 3 is 2.94 bits per heavy atom. The Labute approximate surface area is 98.3 Å². The van der Waals surface area contributed by atoms with Crippen LogP contribution in [-0.2, 0) is 9.53 Å². The minimum atomic E-state index is -0.507. The van der Waals surface area contributed by atoms with Crippen LogP contribution in [0.15, 0.2) is 18.2 Å². The number of hydrogen-bond donors (Lipinski definition) is 1. The normalized spacial score (nSPS) is 12.2. The molecule has 0 aromatic heterocycles. The maximum absolute atomic E-state index is 13.1. The molecular weight excluding hydrogens is 233 g/mol. The van der Waals surface area contributed by atoms with Gasteiger partial charge in [-0.1, -0.05) is 23.7 Å². The Bertz CT molecular complexity index is 384. The maximum Gasteiger partial charge on any atom is 0.305 e. The van der Waals surface area contributed by atoms with E-state index in [1.165, 1.54) is 19.2 Å². The summed E-state index contributed by atoms with van der Waals surface area (Å²) < 4.78 is 17.6. The summed E-state index contributed by atoms with van der Waals surface area (Å²) in [4.78, 5) is 10.9. The summed E-state index contributed by atoms with van der Waals surface area (Å²) in [5, 5.41) is 0.0138. The zero-order valence-corrected chi connectivity index (χ0v) is 9.63. The summed E-state index contributed by atoms with van der Waals surface area (Å²) in [5.74, 6) is -0.851. The Balaban J connectivity index is 2.69. The molecule has 1 rings (SSSR count). The molecule has 88 valence electrons. The molecule has 3 nitrogen and oxygen atoms in total. The molecule has 5 heteroatoms. The zero-order valence-electron chi connectivity index (χ0n) is 8.87. The van der Waals surface area contributed by atoms with E-state index in [2.05, 4.69) is 4.74 Å². The lowest BCUT2D eigenvalue weighted by Crippen LogP contribution is -2.13. The third-order valence-corrected chi connectivity index (χ3v) is 2.67. The quantitative estimate of drug-likeness (QED) is 0.829. The molecule has 0 amide bonds. The Kier molecular flexibility index (Phi) is 4.71. The first kappa shape index (κ1) is 12.9. The fraction of sp³-hybridized carbons (Fsp3) is 0.364. The van der Waals surface area contributed by atoms with Crippen molar-refractivity contribution in [2.45, 2.75) is 18.9 Å². The second-order valence-corrected chi connectivity index (χ2v) is 3.74. The molecule has 0 bridgehead atoms. The summed E-state index contributed by atoms with van der Waals surface area (Å²) in [6.07, 6.45) is 0.556. The first-order valence-electron chi connectivity index (χ1n) is 4.82. The maximum atomic E-state index is 13.1. The van der Waals surface area contributed by atoms with Gasteiger partial charge >= 0.3 is 5.97 Å². The van der Waals surface area contributed by atoms with Gasteiger partial charge in [-0.05, 0) is 18.1 Å². The highest BCUT2D eigenvalue weighted by molar-refractivity contribution is 6.31. The van der Waals surface area contributed by atoms with Crippen LogP contribution in [0.3, 0.4) is 0 Å². The molecule has 1 atom stereocenters. The van der Waals surface area contributed by atoms with Crippen LogP contribution in [0, 0.1) is 5.82 Å². The van der Waals surface area contributed by atoms with Crippen LogP contribution in [0.2, 0.25) is 5.02 Å². The van der Waals surface area contributed by atoms with Crippen molar-refractivity contribution in [2.24, 2.45) is 5.73 Å². The van der Waals surface area contributed by atoms with E-state index in [1.54, 1.807) is 6.07 Å². The summed E-state index contributed by atoms with van der Waals surface area (Å²) >= 11 is 5.77. The molecule has 0 fully saturated rings. The highest BCUT2D eigenvalue weighted by atomic mass is 35.5. The van der Waals surface area contributed by atoms with E-state index in [0.717, 1.165) is 0 Å². The van der Waals surface area contributed by atoms with Crippen LogP contribution < -0.4 is 5.73 Å². The second-order valence-electron chi connectivity index (χ2n) is 3.36. The average molecular weight is 246 g/mol. The molecule has 2 N–H and O–H groups in total. The SMILES string of the molecule is COC(=O)CC[C@H](N)c1cccc(F)c1Cl. The number of esters is 1. The molecule has 0 saturated heterocycles. The van der Waals surface area contributed by atoms with Gasteiger partial charge in [0.2, 0.25) is 0 Å². The van der Waals surface area contributed by atoms with Crippen molar-refractivity contribution in [1.82, 2.24) is 0 Å². The Hall–Kier alpha value is -1.13. The summed E-state index contributed by atoms with van der Waals surface area (Å²) in [5.41, 5.74) is 6.31. The monoisotopic (exact) mass is 245 g/mol. The number of carbonyl (C=O) groups excluding carboxylic acids is 1. The van der Waals surface area contributed by atoms with Gasteiger partial charge in [0.15, 0.2) is 0 Å². The van der Waals surface area contributed by atoms with Crippen molar-refractivity contribution in [3.05, 3.63) is 34.6 Å². The molecule has 0 aliphatic rings. The lowest BCUT2D eigenvalue weighted by atomic mass is 10.0. The van der Waals surface area contributed by atoms with E-state index < -0.39 is 11.9 Å². The molecule has 1 aromatic carbocycles. The van der Waals surface area contributed by atoms with Crippen LogP contribution in [0.5, 0.6) is 0 Å². The fourth-order valence-corrected chi connectivity index (χ4v) is 1.60. The highest BCUT2D eigenvalue weighted by Gasteiger charge is 2.14. The number of carbonyl (C=O) groups is 1. The van der Waals surface area contributed by atoms with Gasteiger partial charge < -0.3 is 10.5 Å². The van der Waals surface area contributed by atoms with Gasteiger partial charge in [-0.15, -0.1) is 0 Å². The van der Waals surface area contributed by atoms with Gasteiger partial charge in [0.05, 0.1) is 12.1 Å². The van der Waals surface area contributed by atoms with Crippen LogP contribution in [-0.4, -0.2) is 13.1 Å². The highest BCUT2D eigenvalue weighted by Crippen LogP contribution is 2.26. The van der Waals surface area contributed by atoms with Crippen LogP contribution in [0.25, 0.3) is 0 Å². The first-order chi connectivity index (χ1) is 7.56. The lowest BCUT2D eigenvalue weighted by molar-refractivity contribution is -0.140. The smallest absolute Gasteiger partial charge is 0.305 e. The van der Waals surface area contributed by atoms with Crippen molar-refractivity contribution in [3.63, 3.8) is 0 Å². The van der Waals surface area contributed by atoms with E-state index in [-0.39, 0.29) is 17.4 Å². The van der Waals surface area contributed by atoms with Gasteiger partial charge in [-0.3, -0.25) is 4.79 Å². The molecule has 0 saturated carbocycles. The van der Waals surface area contributed by atoms with Crippen molar-refractivity contribution in [1.29, 1.82) is 0 Å². The fourth-order valence-electron chi connectivity index (χ4n) is 1.34. The van der Waals surface area contributed by atoms with Gasteiger partial charge in [-0.2, -0.15) is 0 Å². The Morgan fingerprint density at radius 2 is 2.31 bits per heavy atom. The van der Waals surface area contributed by atoms with E-state index in [4.69, 9.17) is 17.3 Å². The molecule has 0 unspecified atom stereocenters. The molecule has 16 heavy (non-hydrogen) atoms. The Morgan fingerprint density at radius 1 is 1.62 bits per heavy atom. The first-order valence-corrected chi connectivity index (χ1v) is 5.20. The zero-order chi connectivity index (χ0) is 12.1. The topological polar surface area (TPSA) is 52.3 Å². The van der Waals surface area contributed by atoms with E-state index in [0.29, 0.717) is 12.0 Å². The molecule has 0 aliphatic carbocycles. The third kappa shape index (κ3) is 3.18. The molecule has 0 radical (unpaired) electrons. The standard InChI is InChI=1S/C11H13ClFNO2/c1-16-10(15)6-5-9(14)7-3-2-4-8(13)11(7)12/h2-4,9H,5-6,14H2,1H3/t9-/m0/s1. The third-order valence-electron chi connectivity index (χ3n) is 2.27. The predicted molar refractivity (Wildman–Crippen MR) is 59.6 cm³/mol. The van der Waals surface area contributed by atoms with E-state index in [1.807, 2.05) is 0 Å². The number of halogens is 2. The number of hydrogen-bond acceptors (Lipinski definition) is 3. The van der Waals surface area contributed by atoms with Crippen LogP contribution in [0.4, 0.5) is 4.39 Å². The van der Waals surface area contributed by atoms with E-state index >= 15 is 0 Å².